The van der Waals surface area contributed by atoms with Gasteiger partial charge in [0.25, 0.3) is 0 Å². The smallest absolute Gasteiger partial charge is 0.409 e. The fourth-order valence-corrected chi connectivity index (χ4v) is 2.64. The van der Waals surface area contributed by atoms with Crippen molar-refractivity contribution in [3.63, 3.8) is 0 Å². The molecular weight excluding hydrogens is 258 g/mol. The molecule has 7 nitrogen and oxygen atoms in total. The Morgan fingerprint density at radius 3 is 2.55 bits per heavy atom. The lowest BCUT2D eigenvalue weighted by Crippen LogP contribution is -2.49. The minimum Gasteiger partial charge on any atom is -0.450 e. The van der Waals surface area contributed by atoms with Crippen molar-refractivity contribution in [3.05, 3.63) is 11.3 Å². The van der Waals surface area contributed by atoms with Crippen LogP contribution in [0.5, 0.6) is 0 Å². The van der Waals surface area contributed by atoms with Gasteiger partial charge < -0.3 is 20.3 Å². The van der Waals surface area contributed by atoms with Crippen LogP contribution in [0.4, 0.5) is 10.6 Å². The zero-order valence-corrected chi connectivity index (χ0v) is 12.4. The summed E-state index contributed by atoms with van der Waals surface area (Å²) >= 11 is 0. The molecule has 0 atom stereocenters. The predicted molar refractivity (Wildman–Crippen MR) is 76.6 cm³/mol. The van der Waals surface area contributed by atoms with Gasteiger partial charge in [0.15, 0.2) is 0 Å². The summed E-state index contributed by atoms with van der Waals surface area (Å²) in [5, 5.41) is 4.43. The number of carbonyl (C=O) groups is 1. The maximum Gasteiger partial charge on any atom is 0.409 e. The highest BCUT2D eigenvalue weighted by molar-refractivity contribution is 5.68. The summed E-state index contributed by atoms with van der Waals surface area (Å²) in [5.41, 5.74) is 7.87. The number of hydrogen-bond donors (Lipinski definition) is 1. The summed E-state index contributed by atoms with van der Waals surface area (Å²) in [5.74, 6) is 1.06. The number of nitrogens with zero attached hydrogens (tertiary/aromatic N) is 4. The van der Waals surface area contributed by atoms with Crippen LogP contribution >= 0.6 is 0 Å². The number of rotatable bonds is 3. The van der Waals surface area contributed by atoms with Gasteiger partial charge in [-0.15, -0.1) is 0 Å². The Hall–Kier alpha value is -1.76. The Morgan fingerprint density at radius 2 is 2.00 bits per heavy atom. The quantitative estimate of drug-likeness (QED) is 0.871. The van der Waals surface area contributed by atoms with E-state index in [1.165, 1.54) is 0 Å². The molecule has 2 N–H and O–H groups in total. The summed E-state index contributed by atoms with van der Waals surface area (Å²) in [7, 11) is 1.93. The molecule has 0 saturated carbocycles. The topological polar surface area (TPSA) is 76.6 Å². The van der Waals surface area contributed by atoms with E-state index in [0.717, 1.165) is 30.2 Å². The molecule has 1 aromatic heterocycles. The number of aryl methyl sites for hydroxylation is 2. The highest BCUT2D eigenvalue weighted by Crippen LogP contribution is 2.23. The van der Waals surface area contributed by atoms with Crippen molar-refractivity contribution >= 4 is 11.9 Å². The molecule has 20 heavy (non-hydrogen) atoms. The van der Waals surface area contributed by atoms with E-state index in [-0.39, 0.29) is 6.09 Å². The molecule has 1 aliphatic rings. The second-order valence-electron chi connectivity index (χ2n) is 4.89. The maximum absolute atomic E-state index is 11.7. The lowest BCUT2D eigenvalue weighted by atomic mass is 10.2. The van der Waals surface area contributed by atoms with Crippen LogP contribution < -0.4 is 10.6 Å². The Morgan fingerprint density at radius 1 is 1.35 bits per heavy atom. The van der Waals surface area contributed by atoms with Gasteiger partial charge in [0, 0.05) is 45.3 Å². The molecule has 7 heteroatoms. The van der Waals surface area contributed by atoms with Gasteiger partial charge in [-0.05, 0) is 13.8 Å². The zero-order valence-electron chi connectivity index (χ0n) is 12.4. The standard InChI is InChI=1S/C13H23N5O2/c1-4-20-13(19)18-7-5-17(6-8-18)12-11(9-14)10(2)15-16(12)3/h4-9,14H2,1-3H3. The lowest BCUT2D eigenvalue weighted by Gasteiger charge is -2.35. The van der Waals surface area contributed by atoms with Gasteiger partial charge in [-0.2, -0.15) is 5.10 Å². The van der Waals surface area contributed by atoms with Gasteiger partial charge in [-0.3, -0.25) is 4.68 Å². The van der Waals surface area contributed by atoms with Gasteiger partial charge in [0.2, 0.25) is 0 Å². The number of nitrogens with two attached hydrogens (primary N) is 1. The Kier molecular flexibility index (Phi) is 4.49. The van der Waals surface area contributed by atoms with Crippen LogP contribution in [0.2, 0.25) is 0 Å². The van der Waals surface area contributed by atoms with Crippen molar-refractivity contribution in [1.29, 1.82) is 0 Å². The highest BCUT2D eigenvalue weighted by atomic mass is 16.6. The highest BCUT2D eigenvalue weighted by Gasteiger charge is 2.25. The van der Waals surface area contributed by atoms with Gasteiger partial charge in [-0.1, -0.05) is 0 Å². The summed E-state index contributed by atoms with van der Waals surface area (Å²) in [6.07, 6.45) is -0.229. The van der Waals surface area contributed by atoms with E-state index in [4.69, 9.17) is 10.5 Å². The number of anilines is 1. The zero-order chi connectivity index (χ0) is 14.7. The van der Waals surface area contributed by atoms with E-state index in [0.29, 0.717) is 26.2 Å². The number of ether oxygens (including phenoxy) is 1. The van der Waals surface area contributed by atoms with Crippen LogP contribution in [0, 0.1) is 6.92 Å². The Balaban J connectivity index is 2.06. The molecule has 1 aliphatic heterocycles. The molecule has 0 aliphatic carbocycles. The number of aromatic nitrogens is 2. The van der Waals surface area contributed by atoms with Crippen molar-refractivity contribution in [2.75, 3.05) is 37.7 Å². The molecule has 0 aromatic carbocycles. The normalized spacial score (nSPS) is 15.6. The minimum atomic E-state index is -0.229. The summed E-state index contributed by atoms with van der Waals surface area (Å²) in [4.78, 5) is 15.7. The lowest BCUT2D eigenvalue weighted by molar-refractivity contribution is 0.105. The fraction of sp³-hybridized carbons (Fsp3) is 0.692. The molecule has 2 heterocycles. The third-order valence-corrected chi connectivity index (χ3v) is 3.62. The average molecular weight is 281 g/mol. The molecule has 0 radical (unpaired) electrons. The first-order chi connectivity index (χ1) is 9.58. The number of piperazine rings is 1. The van der Waals surface area contributed by atoms with Crippen LogP contribution in [0.3, 0.4) is 0 Å². The largest absolute Gasteiger partial charge is 0.450 e. The van der Waals surface area contributed by atoms with E-state index in [1.54, 1.807) is 4.90 Å². The van der Waals surface area contributed by atoms with E-state index in [1.807, 2.05) is 25.6 Å². The van der Waals surface area contributed by atoms with Gasteiger partial charge in [-0.25, -0.2) is 4.79 Å². The van der Waals surface area contributed by atoms with Crippen LogP contribution in [0.1, 0.15) is 18.2 Å². The SMILES string of the molecule is CCOC(=O)N1CCN(c2c(CN)c(C)nn2C)CC1. The fourth-order valence-electron chi connectivity index (χ4n) is 2.64. The van der Waals surface area contributed by atoms with Crippen molar-refractivity contribution in [2.45, 2.75) is 20.4 Å². The van der Waals surface area contributed by atoms with Gasteiger partial charge >= 0.3 is 6.09 Å². The maximum atomic E-state index is 11.7. The molecule has 1 amide bonds. The summed E-state index contributed by atoms with van der Waals surface area (Å²) < 4.78 is 6.90. The number of carbonyl (C=O) groups excluding carboxylic acids is 1. The van der Waals surface area contributed by atoms with E-state index in [9.17, 15) is 4.79 Å². The van der Waals surface area contributed by atoms with E-state index in [2.05, 4.69) is 10.00 Å². The molecule has 0 unspecified atom stereocenters. The summed E-state index contributed by atoms with van der Waals surface area (Å²) in [6, 6.07) is 0. The van der Waals surface area contributed by atoms with Crippen LogP contribution in [-0.4, -0.2) is 53.6 Å². The summed E-state index contributed by atoms with van der Waals surface area (Å²) in [6.45, 7) is 7.54. The van der Waals surface area contributed by atoms with Crippen molar-refractivity contribution in [1.82, 2.24) is 14.7 Å². The van der Waals surface area contributed by atoms with Gasteiger partial charge in [0.1, 0.15) is 5.82 Å². The third kappa shape index (κ3) is 2.72. The van der Waals surface area contributed by atoms with Crippen molar-refractivity contribution in [3.8, 4) is 0 Å². The first-order valence-corrected chi connectivity index (χ1v) is 6.97. The molecule has 0 spiro atoms. The minimum absolute atomic E-state index is 0.229. The molecular formula is C13H23N5O2. The number of amides is 1. The van der Waals surface area contributed by atoms with E-state index >= 15 is 0 Å². The first-order valence-electron chi connectivity index (χ1n) is 6.97. The van der Waals surface area contributed by atoms with Crippen LogP contribution in [0.15, 0.2) is 0 Å². The molecule has 1 aromatic rings. The van der Waals surface area contributed by atoms with Crippen molar-refractivity contribution < 1.29 is 9.53 Å². The Labute approximate surface area is 119 Å². The van der Waals surface area contributed by atoms with Crippen LogP contribution in [-0.2, 0) is 18.3 Å². The molecule has 0 bridgehead atoms. The molecule has 2 rings (SSSR count). The second kappa shape index (κ2) is 6.13. The van der Waals surface area contributed by atoms with Gasteiger partial charge in [0.05, 0.1) is 12.3 Å². The third-order valence-electron chi connectivity index (χ3n) is 3.62. The molecule has 1 saturated heterocycles. The first kappa shape index (κ1) is 14.6. The monoisotopic (exact) mass is 281 g/mol. The van der Waals surface area contributed by atoms with Crippen molar-refractivity contribution in [2.24, 2.45) is 12.8 Å². The van der Waals surface area contributed by atoms with Crippen LogP contribution in [0.25, 0.3) is 0 Å². The number of hydrogen-bond acceptors (Lipinski definition) is 5. The predicted octanol–water partition coefficient (Wildman–Crippen LogP) is 0.466. The van der Waals surface area contributed by atoms with E-state index < -0.39 is 0 Å². The molecule has 112 valence electrons. The Bertz CT molecular complexity index is 477. The second-order valence-corrected chi connectivity index (χ2v) is 4.89. The molecule has 1 fully saturated rings. The average Bonchev–Trinajstić information content (AvgIpc) is 2.73.